The largest absolute Gasteiger partial charge is 0.398 e. The molecule has 0 bridgehead atoms. The van der Waals surface area contributed by atoms with Gasteiger partial charge in [-0.15, -0.1) is 11.6 Å². The molecule has 0 radical (unpaired) electrons. The third kappa shape index (κ3) is 2.46. The zero-order valence-corrected chi connectivity index (χ0v) is 10.4. The van der Waals surface area contributed by atoms with Gasteiger partial charge < -0.3 is 11.5 Å². The van der Waals surface area contributed by atoms with Crippen LogP contribution in [0.3, 0.4) is 0 Å². The first-order valence-electron chi connectivity index (χ1n) is 5.48. The molecule has 2 aromatic rings. The average molecular weight is 261 g/mol. The number of anilines is 1. The molecule has 0 spiro atoms. The number of primary amides is 1. The van der Waals surface area contributed by atoms with Crippen molar-refractivity contribution in [3.63, 3.8) is 0 Å². The Balaban J connectivity index is 2.40. The number of alkyl halides is 1. The number of hydrogen-bond donors (Lipinski definition) is 2. The van der Waals surface area contributed by atoms with E-state index in [-0.39, 0.29) is 0 Å². The molecule has 2 aromatic carbocycles. The summed E-state index contributed by atoms with van der Waals surface area (Å²) in [7, 11) is 0. The summed E-state index contributed by atoms with van der Waals surface area (Å²) in [6.07, 6.45) is 0. The first-order valence-corrected chi connectivity index (χ1v) is 5.91. The average Bonchev–Trinajstić information content (AvgIpc) is 2.38. The van der Waals surface area contributed by atoms with Crippen molar-refractivity contribution in [2.45, 2.75) is 5.38 Å². The van der Waals surface area contributed by atoms with Crippen molar-refractivity contribution >= 4 is 23.2 Å². The molecule has 3 nitrogen and oxygen atoms in total. The van der Waals surface area contributed by atoms with E-state index in [4.69, 9.17) is 23.1 Å². The van der Waals surface area contributed by atoms with Crippen LogP contribution >= 0.6 is 11.6 Å². The van der Waals surface area contributed by atoms with Crippen molar-refractivity contribution in [1.29, 1.82) is 0 Å². The van der Waals surface area contributed by atoms with E-state index in [0.717, 1.165) is 11.1 Å². The van der Waals surface area contributed by atoms with Crippen LogP contribution in [0.2, 0.25) is 0 Å². The number of carbonyl (C=O) groups excluding carboxylic acids is 1. The zero-order valence-electron chi connectivity index (χ0n) is 9.64. The van der Waals surface area contributed by atoms with Crippen LogP contribution in [0.1, 0.15) is 10.9 Å². The molecule has 0 aliphatic carbocycles. The number of halogens is 1. The first-order chi connectivity index (χ1) is 8.59. The minimum absolute atomic E-state index is 0.468. The lowest BCUT2D eigenvalue weighted by Crippen LogP contribution is -2.18. The Morgan fingerprint density at radius 1 is 1.06 bits per heavy atom. The van der Waals surface area contributed by atoms with E-state index in [1.165, 1.54) is 0 Å². The van der Waals surface area contributed by atoms with E-state index in [0.29, 0.717) is 11.3 Å². The Morgan fingerprint density at radius 3 is 2.28 bits per heavy atom. The lowest BCUT2D eigenvalue weighted by atomic mass is 10.0. The molecule has 1 amide bonds. The Labute approximate surface area is 110 Å². The van der Waals surface area contributed by atoms with Gasteiger partial charge in [0.25, 0.3) is 0 Å². The molecule has 18 heavy (non-hydrogen) atoms. The fourth-order valence-electron chi connectivity index (χ4n) is 1.77. The summed E-state index contributed by atoms with van der Waals surface area (Å²) in [4.78, 5) is 11.0. The van der Waals surface area contributed by atoms with Gasteiger partial charge in [0.05, 0.1) is 0 Å². The van der Waals surface area contributed by atoms with Crippen molar-refractivity contribution in [2.24, 2.45) is 5.73 Å². The molecule has 0 fully saturated rings. The molecule has 0 aliphatic rings. The molecule has 0 aliphatic heterocycles. The highest BCUT2D eigenvalue weighted by molar-refractivity contribution is 6.31. The van der Waals surface area contributed by atoms with Crippen molar-refractivity contribution in [3.05, 3.63) is 54.1 Å². The summed E-state index contributed by atoms with van der Waals surface area (Å²) in [6.45, 7) is 0. The van der Waals surface area contributed by atoms with E-state index in [1.807, 2.05) is 36.4 Å². The van der Waals surface area contributed by atoms with Crippen LogP contribution in [0.15, 0.2) is 48.5 Å². The number of nitrogens with two attached hydrogens (primary N) is 2. The minimum Gasteiger partial charge on any atom is -0.398 e. The lowest BCUT2D eigenvalue weighted by Gasteiger charge is -2.11. The van der Waals surface area contributed by atoms with Gasteiger partial charge in [0.2, 0.25) is 5.91 Å². The second kappa shape index (κ2) is 5.10. The summed E-state index contributed by atoms with van der Waals surface area (Å²) in [5.41, 5.74) is 14.1. The smallest absolute Gasteiger partial charge is 0.240 e. The molecule has 4 heteroatoms. The van der Waals surface area contributed by atoms with Gasteiger partial charge in [-0.25, -0.2) is 0 Å². The number of carbonyl (C=O) groups is 1. The van der Waals surface area contributed by atoms with Crippen molar-refractivity contribution < 1.29 is 4.79 Å². The lowest BCUT2D eigenvalue weighted by molar-refractivity contribution is -0.117. The van der Waals surface area contributed by atoms with Gasteiger partial charge in [0, 0.05) is 11.3 Å². The highest BCUT2D eigenvalue weighted by Gasteiger charge is 2.17. The number of benzene rings is 2. The van der Waals surface area contributed by atoms with Crippen LogP contribution in [-0.2, 0) is 4.79 Å². The molecule has 92 valence electrons. The minimum atomic E-state index is -0.894. The monoisotopic (exact) mass is 260 g/mol. The van der Waals surface area contributed by atoms with Crippen molar-refractivity contribution in [1.82, 2.24) is 0 Å². The fraction of sp³-hybridized carbons (Fsp3) is 0.0714. The van der Waals surface area contributed by atoms with Crippen molar-refractivity contribution in [2.75, 3.05) is 5.73 Å². The van der Waals surface area contributed by atoms with E-state index in [2.05, 4.69) is 0 Å². The summed E-state index contributed by atoms with van der Waals surface area (Å²) in [5.74, 6) is -0.601. The summed E-state index contributed by atoms with van der Waals surface area (Å²) in [6, 6.07) is 15.2. The maximum absolute atomic E-state index is 11.0. The molecule has 2 rings (SSSR count). The summed E-state index contributed by atoms with van der Waals surface area (Å²) in [5, 5.41) is -0.894. The predicted molar refractivity (Wildman–Crippen MR) is 74.1 cm³/mol. The molecule has 4 N–H and O–H groups in total. The Hall–Kier alpha value is -2.00. The molecule has 0 aromatic heterocycles. The SMILES string of the molecule is NC(=O)C(Cl)c1ccc(-c2ccccc2)cc1N. The Kier molecular flexibility index (Phi) is 3.53. The molecule has 1 atom stereocenters. The van der Waals surface area contributed by atoms with E-state index < -0.39 is 11.3 Å². The number of nitrogen functional groups attached to an aromatic ring is 1. The molecular weight excluding hydrogens is 248 g/mol. The summed E-state index contributed by atoms with van der Waals surface area (Å²) >= 11 is 5.89. The third-order valence-electron chi connectivity index (χ3n) is 2.72. The standard InChI is InChI=1S/C14H13ClN2O/c15-13(14(17)18)11-7-6-10(8-12(11)16)9-4-2-1-3-5-9/h1-8,13H,16H2,(H2,17,18). The topological polar surface area (TPSA) is 69.1 Å². The highest BCUT2D eigenvalue weighted by Crippen LogP contribution is 2.30. The maximum Gasteiger partial charge on any atom is 0.240 e. The van der Waals surface area contributed by atoms with Crippen LogP contribution in [0.4, 0.5) is 5.69 Å². The van der Waals surface area contributed by atoms with Gasteiger partial charge in [-0.1, -0.05) is 42.5 Å². The highest BCUT2D eigenvalue weighted by atomic mass is 35.5. The van der Waals surface area contributed by atoms with Crippen LogP contribution < -0.4 is 11.5 Å². The maximum atomic E-state index is 11.0. The number of hydrogen-bond acceptors (Lipinski definition) is 2. The zero-order chi connectivity index (χ0) is 13.1. The van der Waals surface area contributed by atoms with Crippen LogP contribution in [0, 0.1) is 0 Å². The molecule has 0 saturated heterocycles. The van der Waals surface area contributed by atoms with Crippen molar-refractivity contribution in [3.8, 4) is 11.1 Å². The van der Waals surface area contributed by atoms with E-state index in [1.54, 1.807) is 12.1 Å². The van der Waals surface area contributed by atoms with Gasteiger partial charge >= 0.3 is 0 Å². The second-order valence-electron chi connectivity index (χ2n) is 3.97. The van der Waals surface area contributed by atoms with E-state index >= 15 is 0 Å². The quantitative estimate of drug-likeness (QED) is 0.658. The fourth-order valence-corrected chi connectivity index (χ4v) is 1.97. The number of amides is 1. The summed E-state index contributed by atoms with van der Waals surface area (Å²) < 4.78 is 0. The van der Waals surface area contributed by atoms with Gasteiger partial charge in [0.15, 0.2) is 0 Å². The van der Waals surface area contributed by atoms with E-state index in [9.17, 15) is 4.79 Å². The number of rotatable bonds is 3. The Bertz CT molecular complexity index is 569. The van der Waals surface area contributed by atoms with Crippen LogP contribution in [-0.4, -0.2) is 5.91 Å². The molecule has 0 saturated carbocycles. The first kappa shape index (κ1) is 12.5. The van der Waals surface area contributed by atoms with Crippen LogP contribution in [0.25, 0.3) is 11.1 Å². The van der Waals surface area contributed by atoms with Gasteiger partial charge in [0.1, 0.15) is 5.38 Å². The van der Waals surface area contributed by atoms with Crippen LogP contribution in [0.5, 0.6) is 0 Å². The Morgan fingerprint density at radius 2 is 1.72 bits per heavy atom. The van der Waals surface area contributed by atoms with Gasteiger partial charge in [-0.05, 0) is 17.2 Å². The van der Waals surface area contributed by atoms with Gasteiger partial charge in [-0.3, -0.25) is 4.79 Å². The predicted octanol–water partition coefficient (Wildman–Crippen LogP) is 2.70. The van der Waals surface area contributed by atoms with Gasteiger partial charge in [-0.2, -0.15) is 0 Å². The molecular formula is C14H13ClN2O. The molecule has 0 heterocycles. The third-order valence-corrected chi connectivity index (χ3v) is 3.17. The normalized spacial score (nSPS) is 12.1. The molecule has 1 unspecified atom stereocenters. The second-order valence-corrected chi connectivity index (χ2v) is 4.41.